The van der Waals surface area contributed by atoms with Gasteiger partial charge in [-0.25, -0.2) is 9.67 Å². The predicted octanol–water partition coefficient (Wildman–Crippen LogP) is 1.77. The summed E-state index contributed by atoms with van der Waals surface area (Å²) < 4.78 is 1.76. The lowest BCUT2D eigenvalue weighted by Gasteiger charge is -2.34. The van der Waals surface area contributed by atoms with Crippen LogP contribution >= 0.6 is 0 Å². The number of amides is 1. The lowest BCUT2D eigenvalue weighted by Crippen LogP contribution is -2.37. The van der Waals surface area contributed by atoms with Crippen molar-refractivity contribution < 1.29 is 4.79 Å². The van der Waals surface area contributed by atoms with E-state index in [0.717, 1.165) is 36.8 Å². The van der Waals surface area contributed by atoms with Crippen molar-refractivity contribution in [2.24, 2.45) is 5.73 Å². The Kier molecular flexibility index (Phi) is 3.60. The summed E-state index contributed by atoms with van der Waals surface area (Å²) in [6.07, 6.45) is 5.50. The molecule has 7 heteroatoms. The van der Waals surface area contributed by atoms with E-state index < -0.39 is 5.91 Å². The summed E-state index contributed by atoms with van der Waals surface area (Å²) in [5.74, 6) is -0.525. The lowest BCUT2D eigenvalue weighted by atomic mass is 10.0. The third-order valence-corrected chi connectivity index (χ3v) is 4.47. The third kappa shape index (κ3) is 2.58. The molecule has 4 rings (SSSR count). The number of benzene rings is 1. The van der Waals surface area contributed by atoms with Crippen LogP contribution in [0.3, 0.4) is 0 Å². The Morgan fingerprint density at radius 3 is 2.92 bits per heavy atom. The van der Waals surface area contributed by atoms with Crippen molar-refractivity contribution in [2.75, 3.05) is 18.0 Å². The Morgan fingerprint density at radius 1 is 1.21 bits per heavy atom. The SMILES string of the molecule is NC(=O)c1ncn([C@H]2CCCN(c3ccnc4ccccc34)C2)n1. The number of carbonyl (C=O) groups excluding carboxylic acids is 1. The maximum absolute atomic E-state index is 11.2. The van der Waals surface area contributed by atoms with Crippen LogP contribution in [-0.2, 0) is 0 Å². The first kappa shape index (κ1) is 14.6. The number of para-hydroxylation sites is 1. The van der Waals surface area contributed by atoms with Gasteiger partial charge in [-0.05, 0) is 25.0 Å². The van der Waals surface area contributed by atoms with Crippen LogP contribution in [0.1, 0.15) is 29.5 Å². The fraction of sp³-hybridized carbons (Fsp3) is 0.294. The van der Waals surface area contributed by atoms with Gasteiger partial charge in [0.2, 0.25) is 5.82 Å². The zero-order chi connectivity index (χ0) is 16.5. The maximum Gasteiger partial charge on any atom is 0.288 e. The molecule has 1 aliphatic heterocycles. The molecule has 2 N–H and O–H groups in total. The fourth-order valence-corrected chi connectivity index (χ4v) is 3.31. The van der Waals surface area contributed by atoms with E-state index in [1.807, 2.05) is 24.4 Å². The number of primary amides is 1. The van der Waals surface area contributed by atoms with Gasteiger partial charge in [0.15, 0.2) is 0 Å². The van der Waals surface area contributed by atoms with Crippen LogP contribution in [0, 0.1) is 0 Å². The standard InChI is InChI=1S/C17H18N6O/c18-16(24)17-20-11-23(21-17)12-4-3-9-22(10-12)15-7-8-19-14-6-2-1-5-13(14)15/h1-2,5-8,11-12H,3-4,9-10H2,(H2,18,24)/t12-/m0/s1. The molecule has 0 radical (unpaired) electrons. The van der Waals surface area contributed by atoms with E-state index in [2.05, 4.69) is 32.1 Å². The predicted molar refractivity (Wildman–Crippen MR) is 90.8 cm³/mol. The van der Waals surface area contributed by atoms with E-state index >= 15 is 0 Å². The summed E-state index contributed by atoms with van der Waals surface area (Å²) in [4.78, 5) is 22.0. The second-order valence-electron chi connectivity index (χ2n) is 6.00. The van der Waals surface area contributed by atoms with Crippen LogP contribution in [0.5, 0.6) is 0 Å². The largest absolute Gasteiger partial charge is 0.369 e. The van der Waals surface area contributed by atoms with E-state index in [1.165, 1.54) is 5.69 Å². The minimum absolute atomic E-state index is 0.0708. The highest BCUT2D eigenvalue weighted by molar-refractivity contribution is 5.91. The number of carbonyl (C=O) groups is 1. The number of pyridine rings is 1. The molecule has 3 aromatic rings. The number of piperidine rings is 1. The number of anilines is 1. The van der Waals surface area contributed by atoms with Crippen LogP contribution in [0.2, 0.25) is 0 Å². The van der Waals surface area contributed by atoms with Crippen molar-refractivity contribution in [1.82, 2.24) is 19.7 Å². The summed E-state index contributed by atoms with van der Waals surface area (Å²) in [5.41, 5.74) is 7.42. The molecule has 0 spiro atoms. The fourth-order valence-electron chi connectivity index (χ4n) is 3.31. The average molecular weight is 322 g/mol. The Balaban J connectivity index is 1.63. The van der Waals surface area contributed by atoms with Crippen molar-refractivity contribution >= 4 is 22.5 Å². The van der Waals surface area contributed by atoms with Crippen molar-refractivity contribution in [3.05, 3.63) is 48.7 Å². The van der Waals surface area contributed by atoms with Gasteiger partial charge >= 0.3 is 0 Å². The van der Waals surface area contributed by atoms with E-state index in [0.29, 0.717) is 0 Å². The first-order valence-electron chi connectivity index (χ1n) is 8.02. The van der Waals surface area contributed by atoms with Gasteiger partial charge in [0.1, 0.15) is 6.33 Å². The Bertz CT molecular complexity index is 884. The molecule has 1 aromatic carbocycles. The van der Waals surface area contributed by atoms with E-state index in [1.54, 1.807) is 11.0 Å². The molecule has 1 atom stereocenters. The number of hydrogen-bond acceptors (Lipinski definition) is 5. The number of nitrogens with zero attached hydrogens (tertiary/aromatic N) is 5. The first-order chi connectivity index (χ1) is 11.7. The third-order valence-electron chi connectivity index (χ3n) is 4.47. The second kappa shape index (κ2) is 5.92. The molecule has 24 heavy (non-hydrogen) atoms. The van der Waals surface area contributed by atoms with Gasteiger partial charge in [-0.2, -0.15) is 0 Å². The van der Waals surface area contributed by atoms with Gasteiger partial charge in [0.05, 0.1) is 11.6 Å². The second-order valence-corrected chi connectivity index (χ2v) is 6.00. The van der Waals surface area contributed by atoms with Gasteiger partial charge in [0, 0.05) is 30.4 Å². The Morgan fingerprint density at radius 2 is 2.08 bits per heavy atom. The minimum atomic E-state index is -0.596. The van der Waals surface area contributed by atoms with Crippen LogP contribution in [-0.4, -0.2) is 38.7 Å². The molecule has 7 nitrogen and oxygen atoms in total. The molecule has 3 heterocycles. The molecule has 1 amide bonds. The quantitative estimate of drug-likeness (QED) is 0.793. The van der Waals surface area contributed by atoms with Crippen molar-refractivity contribution in [3.63, 3.8) is 0 Å². The smallest absolute Gasteiger partial charge is 0.288 e. The average Bonchev–Trinajstić information content (AvgIpc) is 3.12. The summed E-state index contributed by atoms with van der Waals surface area (Å²) in [7, 11) is 0. The van der Waals surface area contributed by atoms with Crippen LogP contribution in [0.15, 0.2) is 42.9 Å². The zero-order valence-electron chi connectivity index (χ0n) is 13.2. The van der Waals surface area contributed by atoms with Crippen LogP contribution in [0.25, 0.3) is 10.9 Å². The molecule has 1 aliphatic rings. The summed E-state index contributed by atoms with van der Waals surface area (Å²) >= 11 is 0. The highest BCUT2D eigenvalue weighted by atomic mass is 16.1. The minimum Gasteiger partial charge on any atom is -0.369 e. The van der Waals surface area contributed by atoms with E-state index in [4.69, 9.17) is 5.73 Å². The van der Waals surface area contributed by atoms with Crippen molar-refractivity contribution in [3.8, 4) is 0 Å². The van der Waals surface area contributed by atoms with E-state index in [-0.39, 0.29) is 11.9 Å². The Hall–Kier alpha value is -2.96. The van der Waals surface area contributed by atoms with Crippen LogP contribution < -0.4 is 10.6 Å². The topological polar surface area (TPSA) is 89.9 Å². The van der Waals surface area contributed by atoms with Gasteiger partial charge in [-0.15, -0.1) is 5.10 Å². The highest BCUT2D eigenvalue weighted by Gasteiger charge is 2.24. The molecule has 1 fully saturated rings. The number of hydrogen-bond donors (Lipinski definition) is 1. The summed E-state index contributed by atoms with van der Waals surface area (Å²) in [6.45, 7) is 1.80. The summed E-state index contributed by atoms with van der Waals surface area (Å²) in [6, 6.07) is 10.4. The molecule has 0 saturated carbocycles. The number of nitrogens with two attached hydrogens (primary N) is 1. The molecule has 122 valence electrons. The van der Waals surface area contributed by atoms with Gasteiger partial charge in [-0.1, -0.05) is 18.2 Å². The molecule has 0 unspecified atom stereocenters. The van der Waals surface area contributed by atoms with E-state index in [9.17, 15) is 4.79 Å². The van der Waals surface area contributed by atoms with Crippen molar-refractivity contribution in [1.29, 1.82) is 0 Å². The number of fused-ring (bicyclic) bond motifs is 1. The first-order valence-corrected chi connectivity index (χ1v) is 8.02. The Labute approximate surface area is 139 Å². The lowest BCUT2D eigenvalue weighted by molar-refractivity contribution is 0.0990. The van der Waals surface area contributed by atoms with Crippen LogP contribution in [0.4, 0.5) is 5.69 Å². The molecule has 1 saturated heterocycles. The highest BCUT2D eigenvalue weighted by Crippen LogP contribution is 2.30. The molecule has 0 aliphatic carbocycles. The summed E-state index contributed by atoms with van der Waals surface area (Å²) in [5, 5.41) is 5.37. The normalized spacial score (nSPS) is 18.0. The molecular formula is C17H18N6O. The zero-order valence-corrected chi connectivity index (χ0v) is 13.2. The molecule has 2 aromatic heterocycles. The van der Waals surface area contributed by atoms with Gasteiger partial charge < -0.3 is 10.6 Å². The monoisotopic (exact) mass is 322 g/mol. The van der Waals surface area contributed by atoms with Gasteiger partial charge in [-0.3, -0.25) is 9.78 Å². The molecule has 0 bridgehead atoms. The maximum atomic E-state index is 11.2. The van der Waals surface area contributed by atoms with Gasteiger partial charge in [0.25, 0.3) is 5.91 Å². The van der Waals surface area contributed by atoms with Crippen molar-refractivity contribution in [2.45, 2.75) is 18.9 Å². The number of rotatable bonds is 3. The number of aromatic nitrogens is 4. The molecular weight excluding hydrogens is 304 g/mol.